The molecule has 0 spiro atoms. The molecule has 0 saturated heterocycles. The van der Waals surface area contributed by atoms with Crippen molar-refractivity contribution in [3.05, 3.63) is 47.0 Å². The number of rotatable bonds is 4. The Balaban J connectivity index is 2.45. The highest BCUT2D eigenvalue weighted by Crippen LogP contribution is 2.32. The van der Waals surface area contributed by atoms with Crippen LogP contribution in [0.1, 0.15) is 17.2 Å². The molecule has 0 aliphatic heterocycles. The number of methoxy groups -OCH3 is 2. The number of benzene rings is 1. The minimum absolute atomic E-state index is 0.253. The van der Waals surface area contributed by atoms with Crippen molar-refractivity contribution in [3.8, 4) is 17.6 Å². The van der Waals surface area contributed by atoms with Gasteiger partial charge in [0.2, 0.25) is 0 Å². The van der Waals surface area contributed by atoms with Crippen molar-refractivity contribution in [2.24, 2.45) is 0 Å². The van der Waals surface area contributed by atoms with Gasteiger partial charge in [-0.25, -0.2) is 4.98 Å². The summed E-state index contributed by atoms with van der Waals surface area (Å²) in [5, 5.41) is 9.63. The number of hydrogen-bond acceptors (Lipinski definition) is 5. The Morgan fingerprint density at radius 2 is 1.95 bits per heavy atom. The zero-order valence-electron chi connectivity index (χ0n) is 11.0. The zero-order valence-corrected chi connectivity index (χ0v) is 11.8. The lowest BCUT2D eigenvalue weighted by Crippen LogP contribution is -2.03. The highest BCUT2D eigenvalue weighted by Gasteiger charge is 2.18. The van der Waals surface area contributed by atoms with Crippen LogP contribution in [-0.4, -0.2) is 24.2 Å². The lowest BCUT2D eigenvalue weighted by atomic mass is 9.97. The normalized spacial score (nSPS) is 11.5. The van der Waals surface area contributed by atoms with E-state index in [-0.39, 0.29) is 5.15 Å². The van der Waals surface area contributed by atoms with E-state index in [1.165, 1.54) is 12.4 Å². The van der Waals surface area contributed by atoms with E-state index in [2.05, 4.69) is 16.0 Å². The van der Waals surface area contributed by atoms with E-state index < -0.39 is 5.92 Å². The van der Waals surface area contributed by atoms with Gasteiger partial charge in [0.05, 0.1) is 38.4 Å². The number of nitrogens with zero attached hydrogens (tertiary/aromatic N) is 3. The number of hydrogen-bond donors (Lipinski definition) is 0. The smallest absolute Gasteiger partial charge is 0.161 e. The van der Waals surface area contributed by atoms with E-state index >= 15 is 0 Å². The molecule has 2 rings (SSSR count). The van der Waals surface area contributed by atoms with Crippen molar-refractivity contribution in [3.63, 3.8) is 0 Å². The molecule has 0 aliphatic rings. The van der Waals surface area contributed by atoms with E-state index in [1.807, 2.05) is 0 Å². The molecular formula is C14H12ClN3O2. The summed E-state index contributed by atoms with van der Waals surface area (Å²) in [7, 11) is 3.10. The molecule has 0 fully saturated rings. The molecule has 0 radical (unpaired) electrons. The van der Waals surface area contributed by atoms with Crippen LogP contribution in [0, 0.1) is 11.3 Å². The average Bonchev–Trinajstić information content (AvgIpc) is 2.48. The van der Waals surface area contributed by atoms with Gasteiger partial charge in [-0.05, 0) is 17.7 Å². The summed E-state index contributed by atoms with van der Waals surface area (Å²) in [5.41, 5.74) is 1.23. The molecule has 1 atom stereocenters. The summed E-state index contributed by atoms with van der Waals surface area (Å²) in [6.45, 7) is 0. The molecule has 20 heavy (non-hydrogen) atoms. The third-order valence-electron chi connectivity index (χ3n) is 2.79. The van der Waals surface area contributed by atoms with Crippen molar-refractivity contribution in [1.82, 2.24) is 9.97 Å². The maximum absolute atomic E-state index is 9.38. The summed E-state index contributed by atoms with van der Waals surface area (Å²) >= 11 is 5.81. The predicted octanol–water partition coefficient (Wildman–Crippen LogP) is 2.80. The summed E-state index contributed by atoms with van der Waals surface area (Å²) in [6, 6.07) is 7.47. The largest absolute Gasteiger partial charge is 0.493 e. The predicted molar refractivity (Wildman–Crippen MR) is 74.0 cm³/mol. The first-order chi connectivity index (χ1) is 9.69. The van der Waals surface area contributed by atoms with Gasteiger partial charge in [-0.1, -0.05) is 17.7 Å². The van der Waals surface area contributed by atoms with Gasteiger partial charge >= 0.3 is 0 Å². The van der Waals surface area contributed by atoms with E-state index in [9.17, 15) is 5.26 Å². The van der Waals surface area contributed by atoms with Gasteiger partial charge in [-0.15, -0.1) is 0 Å². The summed E-state index contributed by atoms with van der Waals surface area (Å²) in [6.07, 6.45) is 2.95. The fourth-order valence-corrected chi connectivity index (χ4v) is 1.99. The third-order valence-corrected chi connectivity index (χ3v) is 2.97. The second-order valence-corrected chi connectivity index (χ2v) is 4.33. The molecule has 2 aromatic rings. The number of aromatic nitrogens is 2. The van der Waals surface area contributed by atoms with Gasteiger partial charge in [0.25, 0.3) is 0 Å². The molecular weight excluding hydrogens is 278 g/mol. The summed E-state index contributed by atoms with van der Waals surface area (Å²) < 4.78 is 10.4. The lowest BCUT2D eigenvalue weighted by molar-refractivity contribution is 0.354. The van der Waals surface area contributed by atoms with Crippen LogP contribution in [0.2, 0.25) is 5.15 Å². The highest BCUT2D eigenvalue weighted by atomic mass is 35.5. The van der Waals surface area contributed by atoms with E-state index in [1.54, 1.807) is 32.4 Å². The average molecular weight is 290 g/mol. The first kappa shape index (κ1) is 14.1. The molecule has 0 amide bonds. The van der Waals surface area contributed by atoms with Crippen LogP contribution in [0.15, 0.2) is 30.6 Å². The minimum Gasteiger partial charge on any atom is -0.493 e. The van der Waals surface area contributed by atoms with E-state index in [4.69, 9.17) is 21.1 Å². The van der Waals surface area contributed by atoms with Crippen LogP contribution in [0.5, 0.6) is 11.5 Å². The van der Waals surface area contributed by atoms with E-state index in [0.29, 0.717) is 17.2 Å². The Kier molecular flexibility index (Phi) is 4.38. The van der Waals surface area contributed by atoms with Gasteiger partial charge in [-0.3, -0.25) is 4.98 Å². The first-order valence-electron chi connectivity index (χ1n) is 5.78. The minimum atomic E-state index is -0.569. The van der Waals surface area contributed by atoms with Crippen LogP contribution >= 0.6 is 11.6 Å². The van der Waals surface area contributed by atoms with E-state index in [0.717, 1.165) is 5.56 Å². The van der Waals surface area contributed by atoms with Gasteiger partial charge in [0, 0.05) is 0 Å². The van der Waals surface area contributed by atoms with Crippen LogP contribution in [0.4, 0.5) is 0 Å². The monoisotopic (exact) mass is 289 g/mol. The second-order valence-electron chi connectivity index (χ2n) is 3.94. The fraction of sp³-hybridized carbons (Fsp3) is 0.214. The standard InChI is InChI=1S/C14H12ClN3O2/c1-19-12-4-3-9(5-13(12)20-2)10(6-16)11-7-17-8-14(15)18-11/h3-5,7-8,10H,1-2H3. The molecule has 0 saturated carbocycles. The first-order valence-corrected chi connectivity index (χ1v) is 6.16. The van der Waals surface area contributed by atoms with Gasteiger partial charge in [-0.2, -0.15) is 5.26 Å². The zero-order chi connectivity index (χ0) is 14.5. The highest BCUT2D eigenvalue weighted by molar-refractivity contribution is 6.29. The van der Waals surface area contributed by atoms with Gasteiger partial charge in [0.15, 0.2) is 11.5 Å². The molecule has 1 aromatic carbocycles. The van der Waals surface area contributed by atoms with Gasteiger partial charge < -0.3 is 9.47 Å². The number of halogens is 1. The van der Waals surface area contributed by atoms with Crippen molar-refractivity contribution in [2.45, 2.75) is 5.92 Å². The van der Waals surface area contributed by atoms with Crippen LogP contribution in [0.3, 0.4) is 0 Å². The van der Waals surface area contributed by atoms with Crippen molar-refractivity contribution in [1.29, 1.82) is 5.26 Å². The molecule has 6 heteroatoms. The topological polar surface area (TPSA) is 68.0 Å². The molecule has 0 N–H and O–H groups in total. The molecule has 0 aliphatic carbocycles. The third kappa shape index (κ3) is 2.81. The van der Waals surface area contributed by atoms with Crippen molar-refractivity contribution < 1.29 is 9.47 Å². The second kappa shape index (κ2) is 6.22. The summed E-state index contributed by atoms with van der Waals surface area (Å²) in [4.78, 5) is 8.08. The Labute approximate surface area is 121 Å². The molecule has 1 aromatic heterocycles. The Hall–Kier alpha value is -2.32. The van der Waals surface area contributed by atoms with Crippen LogP contribution < -0.4 is 9.47 Å². The Morgan fingerprint density at radius 1 is 1.20 bits per heavy atom. The van der Waals surface area contributed by atoms with Gasteiger partial charge in [0.1, 0.15) is 11.1 Å². The van der Waals surface area contributed by atoms with Crippen LogP contribution in [-0.2, 0) is 0 Å². The van der Waals surface area contributed by atoms with Crippen molar-refractivity contribution in [2.75, 3.05) is 14.2 Å². The Bertz CT molecular complexity index is 655. The number of nitriles is 1. The maximum atomic E-state index is 9.38. The summed E-state index contributed by atoms with van der Waals surface area (Å²) in [5.74, 6) is 0.589. The molecule has 1 unspecified atom stereocenters. The maximum Gasteiger partial charge on any atom is 0.161 e. The lowest BCUT2D eigenvalue weighted by Gasteiger charge is -2.12. The molecule has 102 valence electrons. The quantitative estimate of drug-likeness (QED) is 0.866. The molecule has 1 heterocycles. The molecule has 0 bridgehead atoms. The fourth-order valence-electron chi connectivity index (χ4n) is 1.84. The number of ether oxygens (including phenoxy) is 2. The Morgan fingerprint density at radius 3 is 2.55 bits per heavy atom. The molecule has 5 nitrogen and oxygen atoms in total. The van der Waals surface area contributed by atoms with Crippen molar-refractivity contribution >= 4 is 11.6 Å². The SMILES string of the molecule is COc1ccc(C(C#N)c2cncc(Cl)n2)cc1OC. The van der Waals surface area contributed by atoms with Crippen LogP contribution in [0.25, 0.3) is 0 Å².